The lowest BCUT2D eigenvalue weighted by molar-refractivity contribution is -0.134. The van der Waals surface area contributed by atoms with E-state index in [1.807, 2.05) is 53.4 Å². The van der Waals surface area contributed by atoms with Gasteiger partial charge in [-0.15, -0.1) is 0 Å². The summed E-state index contributed by atoms with van der Waals surface area (Å²) in [5, 5.41) is 0. The maximum absolute atomic E-state index is 11.3. The highest BCUT2D eigenvalue weighted by atomic mass is 16.2. The summed E-state index contributed by atoms with van der Waals surface area (Å²) in [6, 6.07) is 0.643. The highest BCUT2D eigenvalue weighted by Crippen LogP contribution is 2.06. The molecule has 0 aliphatic rings. The van der Waals surface area contributed by atoms with E-state index in [4.69, 9.17) is 5.73 Å². The predicted molar refractivity (Wildman–Crippen MR) is 80.7 cm³/mol. The van der Waals surface area contributed by atoms with Crippen LogP contribution in [0.25, 0.3) is 0 Å². The first-order chi connectivity index (χ1) is 8.68. The largest absolute Gasteiger partial charge is 0.369 e. The topological polar surface area (TPSA) is 63.4 Å². The van der Waals surface area contributed by atoms with Gasteiger partial charge in [0.25, 0.3) is 0 Å². The van der Waals surface area contributed by atoms with Crippen LogP contribution in [0.1, 0.15) is 67.7 Å². The Morgan fingerprint density at radius 2 is 1.42 bits per heavy atom. The number of carbonyl (C=O) groups is 2. The highest BCUT2D eigenvalue weighted by molar-refractivity contribution is 5.76. The molecule has 1 atom stereocenters. The Hall–Kier alpha value is -1.06. The lowest BCUT2D eigenvalue weighted by atomic mass is 10.1. The van der Waals surface area contributed by atoms with E-state index in [0.717, 1.165) is 12.8 Å². The van der Waals surface area contributed by atoms with Crippen molar-refractivity contribution in [2.75, 3.05) is 0 Å². The third kappa shape index (κ3) is 9.51. The quantitative estimate of drug-likeness (QED) is 0.808. The van der Waals surface area contributed by atoms with Gasteiger partial charge in [0.15, 0.2) is 0 Å². The first-order valence-electron chi connectivity index (χ1n) is 7.29. The summed E-state index contributed by atoms with van der Waals surface area (Å²) in [4.78, 5) is 23.5. The molecule has 0 rings (SSSR count). The molecule has 0 aromatic rings. The van der Waals surface area contributed by atoms with Gasteiger partial charge in [-0.05, 0) is 34.1 Å². The van der Waals surface area contributed by atoms with E-state index in [0.29, 0.717) is 18.5 Å². The van der Waals surface area contributed by atoms with E-state index in [-0.39, 0.29) is 17.7 Å². The van der Waals surface area contributed by atoms with Gasteiger partial charge in [0.2, 0.25) is 11.8 Å². The fourth-order valence-corrected chi connectivity index (χ4v) is 1.93. The number of nitrogens with zero attached hydrogens (tertiary/aromatic N) is 1. The highest BCUT2D eigenvalue weighted by Gasteiger charge is 2.17. The maximum Gasteiger partial charge on any atom is 0.222 e. The molecule has 2 N–H and O–H groups in total. The van der Waals surface area contributed by atoms with E-state index >= 15 is 0 Å². The van der Waals surface area contributed by atoms with Gasteiger partial charge in [0, 0.05) is 24.4 Å². The van der Waals surface area contributed by atoms with Crippen LogP contribution in [-0.2, 0) is 9.59 Å². The van der Waals surface area contributed by atoms with Gasteiger partial charge in [0.1, 0.15) is 0 Å². The minimum atomic E-state index is -0.188. The van der Waals surface area contributed by atoms with Crippen molar-refractivity contribution in [1.29, 1.82) is 0 Å². The Morgan fingerprint density at radius 3 is 1.53 bits per heavy atom. The summed E-state index contributed by atoms with van der Waals surface area (Å²) < 4.78 is 0. The first kappa shape index (κ1) is 20.3. The Bertz CT molecular complexity index is 255. The predicted octanol–water partition coefficient (Wildman–Crippen LogP) is 2.95. The van der Waals surface area contributed by atoms with Gasteiger partial charge in [0.05, 0.1) is 0 Å². The fraction of sp³-hybridized carbons (Fsp3) is 0.867. The van der Waals surface area contributed by atoms with Crippen molar-refractivity contribution in [2.45, 2.75) is 79.8 Å². The molecular formula is C15H32N2O2. The lowest BCUT2D eigenvalue weighted by Crippen LogP contribution is -2.41. The average Bonchev–Trinajstić information content (AvgIpc) is 2.28. The van der Waals surface area contributed by atoms with Gasteiger partial charge in [-0.3, -0.25) is 9.59 Å². The molecule has 0 aliphatic heterocycles. The molecule has 4 nitrogen and oxygen atoms in total. The Labute approximate surface area is 118 Å². The molecule has 0 aliphatic carbocycles. The lowest BCUT2D eigenvalue weighted by Gasteiger charge is -2.30. The van der Waals surface area contributed by atoms with Crippen LogP contribution in [0.2, 0.25) is 0 Å². The van der Waals surface area contributed by atoms with Gasteiger partial charge in [-0.2, -0.15) is 0 Å². The molecule has 1 unspecified atom stereocenters. The number of hydrogen-bond donors (Lipinski definition) is 1. The van der Waals surface area contributed by atoms with Crippen molar-refractivity contribution in [2.24, 2.45) is 11.7 Å². The molecule has 0 radical (unpaired) electrons. The molecule has 0 spiro atoms. The molecule has 0 aromatic carbocycles. The van der Waals surface area contributed by atoms with Crippen LogP contribution in [0, 0.1) is 5.92 Å². The molecule has 0 heterocycles. The summed E-state index contributed by atoms with van der Waals surface area (Å²) in [5.74, 6) is 0.113. The van der Waals surface area contributed by atoms with Gasteiger partial charge >= 0.3 is 0 Å². The van der Waals surface area contributed by atoms with E-state index in [1.54, 1.807) is 0 Å². The number of nitrogens with two attached hydrogens (primary N) is 1. The molecule has 0 aromatic heterocycles. The number of hydrogen-bond acceptors (Lipinski definition) is 2. The van der Waals surface area contributed by atoms with Crippen molar-refractivity contribution in [3.8, 4) is 0 Å². The van der Waals surface area contributed by atoms with Crippen molar-refractivity contribution < 1.29 is 9.59 Å². The van der Waals surface area contributed by atoms with Crippen LogP contribution in [0.4, 0.5) is 0 Å². The van der Waals surface area contributed by atoms with Gasteiger partial charge < -0.3 is 10.6 Å². The molecule has 19 heavy (non-hydrogen) atoms. The van der Waals surface area contributed by atoms with Crippen LogP contribution in [0.15, 0.2) is 0 Å². The van der Waals surface area contributed by atoms with Crippen LogP contribution < -0.4 is 5.73 Å². The number of primary amides is 1. The average molecular weight is 272 g/mol. The zero-order valence-corrected chi connectivity index (χ0v) is 13.7. The van der Waals surface area contributed by atoms with E-state index in [2.05, 4.69) is 0 Å². The standard InChI is InChI=1S/C9H19NO.C6H13NO/c1-6-9(11)10(7(2)3)8(4)5;1-3-4-5(2)6(7)8/h7-8H,6H2,1-5H3;5H,3-4H2,1-2H3,(H2,7,8). The SMILES string of the molecule is CCC(=O)N(C(C)C)C(C)C.CCCC(C)C(N)=O. The molecular weight excluding hydrogens is 240 g/mol. The smallest absolute Gasteiger partial charge is 0.222 e. The third-order valence-electron chi connectivity index (χ3n) is 2.91. The van der Waals surface area contributed by atoms with Gasteiger partial charge in [-0.25, -0.2) is 0 Å². The molecule has 0 saturated carbocycles. The fourth-order valence-electron chi connectivity index (χ4n) is 1.93. The molecule has 0 saturated heterocycles. The monoisotopic (exact) mass is 272 g/mol. The molecule has 0 fully saturated rings. The maximum atomic E-state index is 11.3. The molecule has 2 amide bonds. The second kappa shape index (κ2) is 10.8. The van der Waals surface area contributed by atoms with Crippen molar-refractivity contribution in [1.82, 2.24) is 4.90 Å². The van der Waals surface area contributed by atoms with Crippen LogP contribution >= 0.6 is 0 Å². The Morgan fingerprint density at radius 1 is 1.00 bits per heavy atom. The molecule has 114 valence electrons. The summed E-state index contributed by atoms with van der Waals surface area (Å²) in [5.41, 5.74) is 4.98. The Balaban J connectivity index is 0. The minimum absolute atomic E-state index is 0.0556. The number of rotatable bonds is 6. The van der Waals surface area contributed by atoms with Crippen molar-refractivity contribution in [3.63, 3.8) is 0 Å². The summed E-state index contributed by atoms with van der Waals surface area (Å²) in [6.07, 6.45) is 2.55. The van der Waals surface area contributed by atoms with Crippen molar-refractivity contribution >= 4 is 11.8 Å². The summed E-state index contributed by atoms with van der Waals surface area (Å²) in [7, 11) is 0. The van der Waals surface area contributed by atoms with E-state index in [1.165, 1.54) is 0 Å². The van der Waals surface area contributed by atoms with E-state index in [9.17, 15) is 9.59 Å². The number of carbonyl (C=O) groups excluding carboxylic acids is 2. The van der Waals surface area contributed by atoms with E-state index < -0.39 is 0 Å². The summed E-state index contributed by atoms with van der Waals surface area (Å²) >= 11 is 0. The van der Waals surface area contributed by atoms with Crippen LogP contribution in [0.3, 0.4) is 0 Å². The Kier molecular flexibility index (Phi) is 11.5. The van der Waals surface area contributed by atoms with Crippen molar-refractivity contribution in [3.05, 3.63) is 0 Å². The number of amides is 2. The van der Waals surface area contributed by atoms with Crippen LogP contribution in [-0.4, -0.2) is 28.8 Å². The zero-order chi connectivity index (χ0) is 15.6. The van der Waals surface area contributed by atoms with Gasteiger partial charge in [-0.1, -0.05) is 27.2 Å². The first-order valence-corrected chi connectivity index (χ1v) is 7.29. The van der Waals surface area contributed by atoms with Crippen LogP contribution in [0.5, 0.6) is 0 Å². The second-order valence-corrected chi connectivity index (χ2v) is 5.43. The normalized spacial score (nSPS) is 11.8. The molecule has 4 heteroatoms. The zero-order valence-electron chi connectivity index (χ0n) is 13.7. The third-order valence-corrected chi connectivity index (χ3v) is 2.91. The summed E-state index contributed by atoms with van der Waals surface area (Å²) in [6.45, 7) is 14.0. The second-order valence-electron chi connectivity index (χ2n) is 5.43. The minimum Gasteiger partial charge on any atom is -0.369 e. The molecule has 0 bridgehead atoms.